The van der Waals surface area contributed by atoms with Gasteiger partial charge in [0.15, 0.2) is 0 Å². The molecule has 0 aliphatic heterocycles. The summed E-state index contributed by atoms with van der Waals surface area (Å²) in [5.41, 5.74) is 8.74. The Morgan fingerprint density at radius 1 is 1.36 bits per heavy atom. The molecule has 3 heteroatoms. The van der Waals surface area contributed by atoms with Gasteiger partial charge in [-0.3, -0.25) is 4.68 Å². The fraction of sp³-hybridized carbons (Fsp3) is 0.364. The quantitative estimate of drug-likeness (QED) is 0.700. The standard InChI is InChI=1S/C11H15N3/c1-7(2)14-11-5-4-9(12)6-10(11)8(3)13-14/h4-7H,12H2,1-3H3. The van der Waals surface area contributed by atoms with Crippen molar-refractivity contribution in [1.82, 2.24) is 9.78 Å². The topological polar surface area (TPSA) is 43.8 Å². The van der Waals surface area contributed by atoms with E-state index in [9.17, 15) is 0 Å². The zero-order valence-corrected chi connectivity index (χ0v) is 8.78. The third-order valence-corrected chi connectivity index (χ3v) is 2.40. The van der Waals surface area contributed by atoms with E-state index in [1.807, 2.05) is 29.8 Å². The van der Waals surface area contributed by atoms with Gasteiger partial charge in [-0.15, -0.1) is 0 Å². The second kappa shape index (κ2) is 3.01. The molecule has 0 radical (unpaired) electrons. The normalized spacial score (nSPS) is 11.4. The predicted molar refractivity (Wildman–Crippen MR) is 59.3 cm³/mol. The zero-order valence-electron chi connectivity index (χ0n) is 8.78. The molecule has 2 N–H and O–H groups in total. The van der Waals surface area contributed by atoms with E-state index in [-0.39, 0.29) is 0 Å². The van der Waals surface area contributed by atoms with Crippen LogP contribution >= 0.6 is 0 Å². The molecule has 0 amide bonds. The van der Waals surface area contributed by atoms with Crippen LogP contribution in [0.1, 0.15) is 25.6 Å². The van der Waals surface area contributed by atoms with Gasteiger partial charge < -0.3 is 5.73 Å². The molecule has 0 atom stereocenters. The number of fused-ring (bicyclic) bond motifs is 1. The smallest absolute Gasteiger partial charge is 0.0689 e. The Balaban J connectivity index is 2.77. The fourth-order valence-corrected chi connectivity index (χ4v) is 1.71. The zero-order chi connectivity index (χ0) is 10.3. The summed E-state index contributed by atoms with van der Waals surface area (Å²) in [5, 5.41) is 5.64. The Morgan fingerprint density at radius 2 is 2.07 bits per heavy atom. The average molecular weight is 189 g/mol. The Hall–Kier alpha value is -1.51. The van der Waals surface area contributed by atoms with Crippen LogP contribution in [0.15, 0.2) is 18.2 Å². The molecule has 0 unspecified atom stereocenters. The molecular weight excluding hydrogens is 174 g/mol. The first-order chi connectivity index (χ1) is 6.59. The van der Waals surface area contributed by atoms with Crippen LogP contribution in [-0.4, -0.2) is 9.78 Å². The molecule has 1 heterocycles. The van der Waals surface area contributed by atoms with Gasteiger partial charge in [-0.2, -0.15) is 5.10 Å². The maximum absolute atomic E-state index is 5.74. The first-order valence-corrected chi connectivity index (χ1v) is 4.84. The predicted octanol–water partition coefficient (Wildman–Crippen LogP) is 2.51. The summed E-state index contributed by atoms with van der Waals surface area (Å²) >= 11 is 0. The van der Waals surface area contributed by atoms with Crippen molar-refractivity contribution in [2.45, 2.75) is 26.8 Å². The molecule has 0 bridgehead atoms. The first-order valence-electron chi connectivity index (χ1n) is 4.84. The van der Waals surface area contributed by atoms with Gasteiger partial charge in [0.25, 0.3) is 0 Å². The molecule has 0 aliphatic carbocycles. The van der Waals surface area contributed by atoms with Gasteiger partial charge in [-0.05, 0) is 39.0 Å². The van der Waals surface area contributed by atoms with E-state index < -0.39 is 0 Å². The highest BCUT2D eigenvalue weighted by molar-refractivity contribution is 5.84. The molecule has 1 aromatic carbocycles. The van der Waals surface area contributed by atoms with Gasteiger partial charge in [0.2, 0.25) is 0 Å². The molecule has 3 nitrogen and oxygen atoms in total. The lowest BCUT2D eigenvalue weighted by atomic mass is 10.2. The van der Waals surface area contributed by atoms with E-state index in [0.29, 0.717) is 6.04 Å². The molecule has 74 valence electrons. The van der Waals surface area contributed by atoms with Crippen LogP contribution in [0.3, 0.4) is 0 Å². The molecule has 0 saturated carbocycles. The van der Waals surface area contributed by atoms with Crippen molar-refractivity contribution in [3.8, 4) is 0 Å². The van der Waals surface area contributed by atoms with Crippen molar-refractivity contribution in [2.75, 3.05) is 5.73 Å². The third-order valence-electron chi connectivity index (χ3n) is 2.40. The second-order valence-electron chi connectivity index (χ2n) is 3.90. The Morgan fingerprint density at radius 3 is 2.71 bits per heavy atom. The van der Waals surface area contributed by atoms with Crippen molar-refractivity contribution in [2.24, 2.45) is 0 Å². The number of nitrogens with two attached hydrogens (primary N) is 1. The van der Waals surface area contributed by atoms with Crippen molar-refractivity contribution >= 4 is 16.6 Å². The van der Waals surface area contributed by atoms with E-state index in [0.717, 1.165) is 22.3 Å². The van der Waals surface area contributed by atoms with Gasteiger partial charge in [0.05, 0.1) is 11.2 Å². The number of hydrogen-bond donors (Lipinski definition) is 1. The monoisotopic (exact) mass is 189 g/mol. The van der Waals surface area contributed by atoms with E-state index in [4.69, 9.17) is 5.73 Å². The van der Waals surface area contributed by atoms with Gasteiger partial charge >= 0.3 is 0 Å². The number of rotatable bonds is 1. The van der Waals surface area contributed by atoms with Crippen LogP contribution in [0.5, 0.6) is 0 Å². The minimum absolute atomic E-state index is 0.384. The number of benzene rings is 1. The van der Waals surface area contributed by atoms with Crippen LogP contribution in [0, 0.1) is 6.92 Å². The minimum atomic E-state index is 0.384. The van der Waals surface area contributed by atoms with Crippen LogP contribution in [-0.2, 0) is 0 Å². The van der Waals surface area contributed by atoms with Gasteiger partial charge in [-0.1, -0.05) is 0 Å². The Labute approximate surface area is 83.5 Å². The summed E-state index contributed by atoms with van der Waals surface area (Å²) in [5.74, 6) is 0. The van der Waals surface area contributed by atoms with Crippen molar-refractivity contribution in [1.29, 1.82) is 0 Å². The van der Waals surface area contributed by atoms with Crippen LogP contribution in [0.4, 0.5) is 5.69 Å². The molecule has 0 fully saturated rings. The maximum Gasteiger partial charge on any atom is 0.0689 e. The lowest BCUT2D eigenvalue weighted by Gasteiger charge is -2.06. The van der Waals surface area contributed by atoms with Crippen molar-refractivity contribution < 1.29 is 0 Å². The molecule has 14 heavy (non-hydrogen) atoms. The summed E-state index contributed by atoms with van der Waals surface area (Å²) in [6.45, 7) is 6.27. The number of aryl methyl sites for hydroxylation is 1. The summed E-state index contributed by atoms with van der Waals surface area (Å²) in [7, 11) is 0. The number of nitrogens with zero attached hydrogens (tertiary/aromatic N) is 2. The van der Waals surface area contributed by atoms with Gasteiger partial charge in [-0.25, -0.2) is 0 Å². The summed E-state index contributed by atoms with van der Waals surface area (Å²) in [4.78, 5) is 0. The molecule has 0 saturated heterocycles. The van der Waals surface area contributed by atoms with Crippen LogP contribution in [0.25, 0.3) is 10.9 Å². The van der Waals surface area contributed by atoms with E-state index >= 15 is 0 Å². The molecule has 0 spiro atoms. The molecule has 2 rings (SSSR count). The van der Waals surface area contributed by atoms with Gasteiger partial charge in [0, 0.05) is 17.1 Å². The van der Waals surface area contributed by atoms with E-state index in [1.165, 1.54) is 0 Å². The van der Waals surface area contributed by atoms with Gasteiger partial charge in [0.1, 0.15) is 0 Å². The van der Waals surface area contributed by atoms with E-state index in [2.05, 4.69) is 18.9 Å². The SMILES string of the molecule is Cc1nn(C(C)C)c2ccc(N)cc12. The van der Waals surface area contributed by atoms with Crippen LogP contribution < -0.4 is 5.73 Å². The number of nitrogen functional groups attached to an aromatic ring is 1. The second-order valence-corrected chi connectivity index (χ2v) is 3.90. The van der Waals surface area contributed by atoms with Crippen molar-refractivity contribution in [3.05, 3.63) is 23.9 Å². The Bertz CT molecular complexity index is 469. The fourth-order valence-electron chi connectivity index (χ4n) is 1.71. The lowest BCUT2D eigenvalue weighted by molar-refractivity contribution is 0.547. The third kappa shape index (κ3) is 1.25. The summed E-state index contributed by atoms with van der Waals surface area (Å²) in [6, 6.07) is 6.32. The van der Waals surface area contributed by atoms with E-state index in [1.54, 1.807) is 0 Å². The lowest BCUT2D eigenvalue weighted by Crippen LogP contribution is -2.02. The average Bonchev–Trinajstić information content (AvgIpc) is 2.44. The highest BCUT2D eigenvalue weighted by atomic mass is 15.3. The number of aromatic nitrogens is 2. The number of hydrogen-bond acceptors (Lipinski definition) is 2. The number of anilines is 1. The highest BCUT2D eigenvalue weighted by Crippen LogP contribution is 2.23. The molecule has 2 aromatic rings. The molecule has 1 aromatic heterocycles. The first kappa shape index (κ1) is 9.06. The Kier molecular flexibility index (Phi) is 1.95. The maximum atomic E-state index is 5.74. The summed E-state index contributed by atoms with van der Waals surface area (Å²) in [6.07, 6.45) is 0. The van der Waals surface area contributed by atoms with Crippen LogP contribution in [0.2, 0.25) is 0 Å². The highest BCUT2D eigenvalue weighted by Gasteiger charge is 2.08. The molecule has 0 aliphatic rings. The van der Waals surface area contributed by atoms with Crippen molar-refractivity contribution in [3.63, 3.8) is 0 Å². The minimum Gasteiger partial charge on any atom is -0.399 e. The summed E-state index contributed by atoms with van der Waals surface area (Å²) < 4.78 is 2.03. The largest absolute Gasteiger partial charge is 0.399 e. The molecular formula is C11H15N3.